The molecule has 0 radical (unpaired) electrons. The molecule has 3 heterocycles. The van der Waals surface area contributed by atoms with Crippen LogP contribution in [0.4, 0.5) is 5.69 Å². The van der Waals surface area contributed by atoms with Gasteiger partial charge in [0, 0.05) is 64.0 Å². The van der Waals surface area contributed by atoms with E-state index in [1.807, 2.05) is 48.6 Å². The number of rotatable bonds is 6. The number of pyridine rings is 2. The molecule has 0 saturated carbocycles. The Bertz CT molecular complexity index is 713. The van der Waals surface area contributed by atoms with Crippen LogP contribution in [-0.2, 0) is 6.42 Å². The van der Waals surface area contributed by atoms with Crippen LogP contribution in [0.2, 0.25) is 0 Å². The molecule has 0 N–H and O–H groups in total. The third-order valence-corrected chi connectivity index (χ3v) is 5.00. The SMILES string of the molecule is CCN1CCN(C(=O)c2cc(N(C)CCc3ccncc3)ccn2)CC1. The Hall–Kier alpha value is -2.47. The summed E-state index contributed by atoms with van der Waals surface area (Å²) in [6, 6.07) is 7.93. The molecule has 2 aromatic heterocycles. The highest BCUT2D eigenvalue weighted by Gasteiger charge is 2.22. The Kier molecular flexibility index (Phi) is 6.17. The van der Waals surface area contributed by atoms with Crippen molar-refractivity contribution in [3.05, 3.63) is 54.1 Å². The number of hydrogen-bond acceptors (Lipinski definition) is 5. The van der Waals surface area contributed by atoms with Gasteiger partial charge in [-0.3, -0.25) is 14.8 Å². The summed E-state index contributed by atoms with van der Waals surface area (Å²) in [6.07, 6.45) is 6.30. The van der Waals surface area contributed by atoms with Crippen LogP contribution in [0.5, 0.6) is 0 Å². The monoisotopic (exact) mass is 353 g/mol. The van der Waals surface area contributed by atoms with Gasteiger partial charge in [-0.05, 0) is 42.8 Å². The molecule has 6 nitrogen and oxygen atoms in total. The Labute approximate surface area is 155 Å². The van der Waals surface area contributed by atoms with Gasteiger partial charge in [-0.15, -0.1) is 0 Å². The van der Waals surface area contributed by atoms with E-state index in [2.05, 4.69) is 26.7 Å². The molecular formula is C20H27N5O. The molecule has 0 bridgehead atoms. The van der Waals surface area contributed by atoms with Gasteiger partial charge in [0.2, 0.25) is 0 Å². The van der Waals surface area contributed by atoms with Gasteiger partial charge in [0.25, 0.3) is 5.91 Å². The lowest BCUT2D eigenvalue weighted by Crippen LogP contribution is -2.48. The van der Waals surface area contributed by atoms with Crippen LogP contribution in [0.3, 0.4) is 0 Å². The molecule has 6 heteroatoms. The molecule has 0 aromatic carbocycles. The van der Waals surface area contributed by atoms with Crippen LogP contribution in [0.15, 0.2) is 42.9 Å². The molecule has 0 spiro atoms. The fourth-order valence-electron chi connectivity index (χ4n) is 3.18. The molecule has 1 amide bonds. The topological polar surface area (TPSA) is 52.6 Å². The first-order valence-electron chi connectivity index (χ1n) is 9.25. The van der Waals surface area contributed by atoms with E-state index in [-0.39, 0.29) is 5.91 Å². The molecule has 3 rings (SSSR count). The first-order valence-corrected chi connectivity index (χ1v) is 9.25. The molecule has 2 aromatic rings. The van der Waals surface area contributed by atoms with E-state index >= 15 is 0 Å². The van der Waals surface area contributed by atoms with E-state index in [1.54, 1.807) is 6.20 Å². The largest absolute Gasteiger partial charge is 0.374 e. The molecule has 0 unspecified atom stereocenters. The smallest absolute Gasteiger partial charge is 0.272 e. The lowest BCUT2D eigenvalue weighted by Gasteiger charge is -2.34. The maximum Gasteiger partial charge on any atom is 0.272 e. The van der Waals surface area contributed by atoms with Gasteiger partial charge in [0.1, 0.15) is 5.69 Å². The summed E-state index contributed by atoms with van der Waals surface area (Å²) in [5.74, 6) is 0.0325. The average molecular weight is 353 g/mol. The molecular weight excluding hydrogens is 326 g/mol. The molecule has 0 atom stereocenters. The third kappa shape index (κ3) is 4.58. The van der Waals surface area contributed by atoms with Crippen LogP contribution >= 0.6 is 0 Å². The van der Waals surface area contributed by atoms with Gasteiger partial charge < -0.3 is 14.7 Å². The molecule has 138 valence electrons. The van der Waals surface area contributed by atoms with Crippen molar-refractivity contribution in [2.45, 2.75) is 13.3 Å². The summed E-state index contributed by atoms with van der Waals surface area (Å²) in [7, 11) is 2.05. The highest BCUT2D eigenvalue weighted by molar-refractivity contribution is 5.93. The van der Waals surface area contributed by atoms with Gasteiger partial charge in [-0.25, -0.2) is 0 Å². The van der Waals surface area contributed by atoms with Gasteiger partial charge in [0.15, 0.2) is 0 Å². The molecule has 26 heavy (non-hydrogen) atoms. The highest BCUT2D eigenvalue weighted by Crippen LogP contribution is 2.16. The second-order valence-electron chi connectivity index (χ2n) is 6.65. The minimum absolute atomic E-state index is 0.0325. The zero-order chi connectivity index (χ0) is 18.4. The van der Waals surface area contributed by atoms with Crippen LogP contribution in [-0.4, -0.2) is 72.0 Å². The third-order valence-electron chi connectivity index (χ3n) is 5.00. The number of piperazine rings is 1. The van der Waals surface area contributed by atoms with E-state index in [0.29, 0.717) is 5.69 Å². The molecule has 1 aliphatic heterocycles. The van der Waals surface area contributed by atoms with Crippen molar-refractivity contribution in [2.24, 2.45) is 0 Å². The number of amides is 1. The molecule has 1 saturated heterocycles. The summed E-state index contributed by atoms with van der Waals surface area (Å²) in [5, 5.41) is 0. The normalized spacial score (nSPS) is 15.1. The molecule has 1 fully saturated rings. The van der Waals surface area contributed by atoms with Crippen LogP contribution < -0.4 is 4.90 Å². The number of nitrogens with zero attached hydrogens (tertiary/aromatic N) is 5. The maximum atomic E-state index is 12.8. The quantitative estimate of drug-likeness (QED) is 0.794. The first kappa shape index (κ1) is 18.3. The molecule has 1 aliphatic rings. The van der Waals surface area contributed by atoms with Crippen molar-refractivity contribution in [2.75, 3.05) is 51.2 Å². The minimum atomic E-state index is 0.0325. The first-order chi connectivity index (χ1) is 12.7. The van der Waals surface area contributed by atoms with Crippen molar-refractivity contribution in [3.8, 4) is 0 Å². The van der Waals surface area contributed by atoms with E-state index in [0.717, 1.165) is 51.4 Å². The Morgan fingerprint density at radius 3 is 2.54 bits per heavy atom. The Morgan fingerprint density at radius 2 is 1.85 bits per heavy atom. The molecule has 0 aliphatic carbocycles. The van der Waals surface area contributed by atoms with Gasteiger partial charge in [0.05, 0.1) is 0 Å². The van der Waals surface area contributed by atoms with E-state index < -0.39 is 0 Å². The second-order valence-corrected chi connectivity index (χ2v) is 6.65. The van der Waals surface area contributed by atoms with Gasteiger partial charge in [-0.1, -0.05) is 6.92 Å². The Balaban J connectivity index is 1.61. The predicted molar refractivity (Wildman–Crippen MR) is 103 cm³/mol. The number of anilines is 1. The average Bonchev–Trinajstić information content (AvgIpc) is 2.72. The van der Waals surface area contributed by atoms with E-state index in [1.165, 1.54) is 5.56 Å². The van der Waals surface area contributed by atoms with Gasteiger partial charge in [-0.2, -0.15) is 0 Å². The summed E-state index contributed by atoms with van der Waals surface area (Å²) < 4.78 is 0. The standard InChI is InChI=1S/C20H27N5O/c1-3-24-12-14-25(15-13-24)20(26)19-16-18(6-10-22-19)23(2)11-7-17-4-8-21-9-5-17/h4-6,8-10,16H,3,7,11-15H2,1-2H3. The fourth-order valence-corrected chi connectivity index (χ4v) is 3.18. The zero-order valence-electron chi connectivity index (χ0n) is 15.6. The van der Waals surface area contributed by atoms with Gasteiger partial charge >= 0.3 is 0 Å². The lowest BCUT2D eigenvalue weighted by molar-refractivity contribution is 0.0637. The number of aromatic nitrogens is 2. The zero-order valence-corrected chi connectivity index (χ0v) is 15.6. The van der Waals surface area contributed by atoms with Crippen LogP contribution in [0.25, 0.3) is 0 Å². The van der Waals surface area contributed by atoms with Crippen molar-refractivity contribution in [3.63, 3.8) is 0 Å². The highest BCUT2D eigenvalue weighted by atomic mass is 16.2. The number of likely N-dealkylation sites (N-methyl/N-ethyl adjacent to an activating group) is 2. The van der Waals surface area contributed by atoms with Crippen molar-refractivity contribution < 1.29 is 4.79 Å². The second kappa shape index (κ2) is 8.76. The minimum Gasteiger partial charge on any atom is -0.374 e. The number of carbonyl (C=O) groups excluding carboxylic acids is 1. The van der Waals surface area contributed by atoms with Crippen molar-refractivity contribution >= 4 is 11.6 Å². The van der Waals surface area contributed by atoms with Crippen molar-refractivity contribution in [1.82, 2.24) is 19.8 Å². The summed E-state index contributed by atoms with van der Waals surface area (Å²) >= 11 is 0. The Morgan fingerprint density at radius 1 is 1.12 bits per heavy atom. The summed E-state index contributed by atoms with van der Waals surface area (Å²) in [5.41, 5.74) is 2.80. The number of carbonyl (C=O) groups is 1. The summed E-state index contributed by atoms with van der Waals surface area (Å²) in [6.45, 7) is 7.49. The number of hydrogen-bond donors (Lipinski definition) is 0. The van der Waals surface area contributed by atoms with E-state index in [4.69, 9.17) is 0 Å². The van der Waals surface area contributed by atoms with Crippen LogP contribution in [0.1, 0.15) is 23.0 Å². The predicted octanol–water partition coefficient (Wildman–Crippen LogP) is 1.93. The lowest BCUT2D eigenvalue weighted by atomic mass is 10.2. The van der Waals surface area contributed by atoms with Crippen molar-refractivity contribution in [1.29, 1.82) is 0 Å². The van der Waals surface area contributed by atoms with Crippen LogP contribution in [0, 0.1) is 0 Å². The maximum absolute atomic E-state index is 12.8. The fraction of sp³-hybridized carbons (Fsp3) is 0.450. The van der Waals surface area contributed by atoms with E-state index in [9.17, 15) is 4.79 Å². The summed E-state index contributed by atoms with van der Waals surface area (Å²) in [4.78, 5) is 27.6.